The van der Waals surface area contributed by atoms with E-state index < -0.39 is 0 Å². The summed E-state index contributed by atoms with van der Waals surface area (Å²) in [5.41, 5.74) is 0. The molecule has 0 aromatic carbocycles. The molecule has 3 atom stereocenters. The van der Waals surface area contributed by atoms with Crippen LogP contribution in [0.1, 0.15) is 59.3 Å². The highest BCUT2D eigenvalue weighted by Gasteiger charge is 2.21. The van der Waals surface area contributed by atoms with E-state index in [1.54, 1.807) is 14.2 Å². The van der Waals surface area contributed by atoms with Gasteiger partial charge >= 0.3 is 0 Å². The fraction of sp³-hybridized carbons (Fsp3) is 1.00. The van der Waals surface area contributed by atoms with Crippen molar-refractivity contribution in [2.45, 2.75) is 77.6 Å². The molecular formula is C29H62N4O4. The van der Waals surface area contributed by atoms with Crippen LogP contribution in [-0.4, -0.2) is 151 Å². The van der Waals surface area contributed by atoms with Gasteiger partial charge in [0.2, 0.25) is 0 Å². The molecule has 0 amide bonds. The second kappa shape index (κ2) is 22.5. The Morgan fingerprint density at radius 1 is 0.486 bits per heavy atom. The maximum atomic E-state index is 5.86. The maximum Gasteiger partial charge on any atom is 0.0931 e. The molecule has 1 heterocycles. The van der Waals surface area contributed by atoms with Crippen LogP contribution in [0.2, 0.25) is 0 Å². The van der Waals surface area contributed by atoms with Gasteiger partial charge in [-0.05, 0) is 32.2 Å². The summed E-state index contributed by atoms with van der Waals surface area (Å²) in [7, 11) is 7.29. The highest BCUT2D eigenvalue weighted by atomic mass is 16.5. The zero-order chi connectivity index (χ0) is 27.3. The molecule has 1 aliphatic rings. The average Bonchev–Trinajstić information content (AvgIpc) is 2.90. The molecule has 0 saturated carbocycles. The molecule has 0 aliphatic carbocycles. The first kappa shape index (κ1) is 34.7. The third-order valence-corrected chi connectivity index (χ3v) is 7.73. The summed E-state index contributed by atoms with van der Waals surface area (Å²) in [4.78, 5) is 10.5. The lowest BCUT2D eigenvalue weighted by Gasteiger charge is -2.36. The quantitative estimate of drug-likeness (QED) is 0.268. The third kappa shape index (κ3) is 15.8. The van der Waals surface area contributed by atoms with Gasteiger partial charge in [0.1, 0.15) is 0 Å². The van der Waals surface area contributed by atoms with Crippen LogP contribution in [0.5, 0.6) is 0 Å². The van der Waals surface area contributed by atoms with Crippen molar-refractivity contribution < 1.29 is 18.9 Å². The largest absolute Gasteiger partial charge is 0.382 e. The smallest absolute Gasteiger partial charge is 0.0931 e. The standard InChI is InChI=1S/C29H62N4O4/c1-8-11-27(35-5)13-15-31-18-22-32(24-28(36-6)12-9-2)20-16-30(14-10-3)17-21-33(23-19-31)25-29(37-7)26-34-4/h27-29H,8-26H2,1-7H3. The van der Waals surface area contributed by atoms with Crippen molar-refractivity contribution in [1.29, 1.82) is 0 Å². The molecule has 1 fully saturated rings. The molecule has 0 aromatic rings. The summed E-state index contributed by atoms with van der Waals surface area (Å²) in [5, 5.41) is 0. The SMILES string of the molecule is CCCC(CCN1CCN(CC(CCC)OC)CCN(CCC)CCN(CC(COC)OC)CC1)OC. The molecule has 1 aliphatic heterocycles. The molecule has 0 spiro atoms. The van der Waals surface area contributed by atoms with Crippen LogP contribution in [0.3, 0.4) is 0 Å². The van der Waals surface area contributed by atoms with E-state index in [1.165, 1.54) is 12.8 Å². The topological polar surface area (TPSA) is 49.9 Å². The van der Waals surface area contributed by atoms with Gasteiger partial charge in [-0.3, -0.25) is 9.80 Å². The monoisotopic (exact) mass is 530 g/mol. The first-order valence-electron chi connectivity index (χ1n) is 15.0. The number of rotatable bonds is 18. The second-order valence-corrected chi connectivity index (χ2v) is 10.7. The van der Waals surface area contributed by atoms with Crippen LogP contribution in [0.25, 0.3) is 0 Å². The van der Waals surface area contributed by atoms with Gasteiger partial charge in [0.25, 0.3) is 0 Å². The van der Waals surface area contributed by atoms with E-state index in [4.69, 9.17) is 18.9 Å². The minimum atomic E-state index is 0.105. The molecule has 1 rings (SSSR count). The fourth-order valence-corrected chi connectivity index (χ4v) is 5.30. The van der Waals surface area contributed by atoms with Gasteiger partial charge < -0.3 is 28.7 Å². The number of methoxy groups -OCH3 is 4. The van der Waals surface area contributed by atoms with Crippen molar-refractivity contribution in [3.8, 4) is 0 Å². The van der Waals surface area contributed by atoms with Crippen LogP contribution in [0.4, 0.5) is 0 Å². The van der Waals surface area contributed by atoms with Crippen molar-refractivity contribution in [2.75, 3.05) is 114 Å². The van der Waals surface area contributed by atoms with Crippen LogP contribution in [0, 0.1) is 0 Å². The van der Waals surface area contributed by atoms with Crippen LogP contribution < -0.4 is 0 Å². The summed E-state index contributed by atoms with van der Waals surface area (Å²) in [6.07, 6.45) is 7.64. The van der Waals surface area contributed by atoms with Gasteiger partial charge in [-0.15, -0.1) is 0 Å². The normalized spacial score (nSPS) is 20.8. The summed E-state index contributed by atoms with van der Waals surface area (Å²) in [6, 6.07) is 0. The number of ether oxygens (including phenoxy) is 4. The van der Waals surface area contributed by atoms with E-state index >= 15 is 0 Å². The van der Waals surface area contributed by atoms with Crippen molar-refractivity contribution in [3.63, 3.8) is 0 Å². The molecule has 8 nitrogen and oxygen atoms in total. The van der Waals surface area contributed by atoms with Crippen LogP contribution in [-0.2, 0) is 18.9 Å². The lowest BCUT2D eigenvalue weighted by atomic mass is 10.1. The van der Waals surface area contributed by atoms with Gasteiger partial charge in [-0.25, -0.2) is 0 Å². The van der Waals surface area contributed by atoms with Crippen LogP contribution >= 0.6 is 0 Å². The number of hydrogen-bond acceptors (Lipinski definition) is 8. The molecule has 37 heavy (non-hydrogen) atoms. The molecule has 3 unspecified atom stereocenters. The van der Waals surface area contributed by atoms with E-state index in [1.807, 2.05) is 14.2 Å². The Labute approximate surface area is 229 Å². The van der Waals surface area contributed by atoms with Crippen molar-refractivity contribution >= 4 is 0 Å². The Morgan fingerprint density at radius 3 is 1.35 bits per heavy atom. The summed E-state index contributed by atoms with van der Waals surface area (Å²) >= 11 is 0. The highest BCUT2D eigenvalue weighted by molar-refractivity contribution is 4.76. The molecule has 0 aromatic heterocycles. The second-order valence-electron chi connectivity index (χ2n) is 10.7. The van der Waals surface area contributed by atoms with Gasteiger partial charge in [0.05, 0.1) is 24.9 Å². The number of hydrogen-bond donors (Lipinski definition) is 0. The molecular weight excluding hydrogens is 468 g/mol. The Hall–Kier alpha value is -0.320. The molecule has 0 radical (unpaired) electrons. The molecule has 0 bridgehead atoms. The van der Waals surface area contributed by atoms with E-state index in [0.717, 1.165) is 104 Å². The van der Waals surface area contributed by atoms with Crippen molar-refractivity contribution in [3.05, 3.63) is 0 Å². The Morgan fingerprint density at radius 2 is 0.919 bits per heavy atom. The van der Waals surface area contributed by atoms with Crippen molar-refractivity contribution in [2.24, 2.45) is 0 Å². The predicted octanol–water partition coefficient (Wildman–Crippen LogP) is 3.30. The van der Waals surface area contributed by atoms with E-state index in [-0.39, 0.29) is 6.10 Å². The summed E-state index contributed by atoms with van der Waals surface area (Å²) in [6.45, 7) is 20.2. The first-order valence-corrected chi connectivity index (χ1v) is 15.0. The van der Waals surface area contributed by atoms with Crippen LogP contribution in [0.15, 0.2) is 0 Å². The van der Waals surface area contributed by atoms with Gasteiger partial charge in [0.15, 0.2) is 0 Å². The van der Waals surface area contributed by atoms with Gasteiger partial charge in [-0.1, -0.05) is 33.6 Å². The first-order chi connectivity index (χ1) is 18.0. The minimum Gasteiger partial charge on any atom is -0.382 e. The lowest BCUT2D eigenvalue weighted by Crippen LogP contribution is -2.49. The lowest BCUT2D eigenvalue weighted by molar-refractivity contribution is 0.000863. The molecule has 222 valence electrons. The molecule has 0 N–H and O–H groups in total. The van der Waals surface area contributed by atoms with E-state index in [9.17, 15) is 0 Å². The Bertz CT molecular complexity index is 484. The zero-order valence-corrected chi connectivity index (χ0v) is 25.6. The molecule has 8 heteroatoms. The summed E-state index contributed by atoms with van der Waals surface area (Å²) in [5.74, 6) is 0. The predicted molar refractivity (Wildman–Crippen MR) is 155 cm³/mol. The summed E-state index contributed by atoms with van der Waals surface area (Å²) < 4.78 is 22.8. The van der Waals surface area contributed by atoms with Crippen molar-refractivity contribution in [1.82, 2.24) is 19.6 Å². The number of nitrogens with zero attached hydrogens (tertiary/aromatic N) is 4. The maximum absolute atomic E-state index is 5.86. The Balaban J connectivity index is 2.99. The zero-order valence-electron chi connectivity index (χ0n) is 25.6. The Kier molecular flexibility index (Phi) is 21.1. The van der Waals surface area contributed by atoms with E-state index in [2.05, 4.69) is 40.4 Å². The highest BCUT2D eigenvalue weighted by Crippen LogP contribution is 2.10. The fourth-order valence-electron chi connectivity index (χ4n) is 5.30. The average molecular weight is 531 g/mol. The van der Waals surface area contributed by atoms with Gasteiger partial charge in [0, 0.05) is 100 Å². The molecule has 1 saturated heterocycles. The third-order valence-electron chi connectivity index (χ3n) is 7.73. The van der Waals surface area contributed by atoms with E-state index in [0.29, 0.717) is 18.8 Å². The minimum absolute atomic E-state index is 0.105. The van der Waals surface area contributed by atoms with Gasteiger partial charge in [-0.2, -0.15) is 0 Å².